The van der Waals surface area contributed by atoms with Gasteiger partial charge < -0.3 is 5.32 Å². The molecule has 1 fully saturated rings. The third-order valence-electron chi connectivity index (χ3n) is 4.00. The summed E-state index contributed by atoms with van der Waals surface area (Å²) in [5.74, 6) is 2.47. The van der Waals surface area contributed by atoms with Gasteiger partial charge in [-0.1, -0.05) is 6.92 Å². The molecule has 1 saturated carbocycles. The molecule has 0 saturated heterocycles. The lowest BCUT2D eigenvalue weighted by molar-refractivity contribution is 0.580. The molecule has 0 spiro atoms. The summed E-state index contributed by atoms with van der Waals surface area (Å²) in [6, 6.07) is 0.326. The zero-order valence-corrected chi connectivity index (χ0v) is 11.3. The number of aromatic nitrogens is 2. The van der Waals surface area contributed by atoms with Gasteiger partial charge in [-0.2, -0.15) is 0 Å². The molecule has 1 aliphatic carbocycles. The fraction of sp³-hybridized carbons (Fsp3) is 0.714. The standard InChI is InChI=1S/C14H23N3/c1-9-5-6-12(7-9)14-16-8-13(10(2)15-4)11(3)17-14/h8-10,12,15H,5-7H2,1-4H3. The van der Waals surface area contributed by atoms with E-state index in [1.165, 1.54) is 24.8 Å². The molecule has 1 heterocycles. The Morgan fingerprint density at radius 1 is 1.41 bits per heavy atom. The van der Waals surface area contributed by atoms with Crippen LogP contribution in [0.15, 0.2) is 6.20 Å². The Balaban J connectivity index is 2.19. The van der Waals surface area contributed by atoms with Crippen LogP contribution in [0.1, 0.15) is 62.2 Å². The van der Waals surface area contributed by atoms with Crippen LogP contribution < -0.4 is 5.32 Å². The minimum atomic E-state index is 0.326. The molecule has 1 N–H and O–H groups in total. The molecule has 1 aromatic rings. The molecule has 0 aromatic carbocycles. The summed E-state index contributed by atoms with van der Waals surface area (Å²) in [5.41, 5.74) is 2.33. The van der Waals surface area contributed by atoms with Gasteiger partial charge in [-0.15, -0.1) is 0 Å². The van der Waals surface area contributed by atoms with Gasteiger partial charge in [0.15, 0.2) is 0 Å². The van der Waals surface area contributed by atoms with E-state index >= 15 is 0 Å². The summed E-state index contributed by atoms with van der Waals surface area (Å²) in [6.45, 7) is 6.56. The third-order valence-corrected chi connectivity index (χ3v) is 4.00. The average molecular weight is 233 g/mol. The molecule has 0 amide bonds. The van der Waals surface area contributed by atoms with Gasteiger partial charge in [0.2, 0.25) is 0 Å². The van der Waals surface area contributed by atoms with Gasteiger partial charge in [-0.05, 0) is 46.1 Å². The number of aryl methyl sites for hydroxylation is 1. The predicted octanol–water partition coefficient (Wildman–Crippen LogP) is 2.97. The van der Waals surface area contributed by atoms with Crippen LogP contribution in [0.5, 0.6) is 0 Å². The van der Waals surface area contributed by atoms with Gasteiger partial charge in [0.05, 0.1) is 0 Å². The molecule has 1 aliphatic rings. The molecule has 94 valence electrons. The second-order valence-electron chi connectivity index (χ2n) is 5.39. The molecule has 0 bridgehead atoms. The van der Waals surface area contributed by atoms with Gasteiger partial charge in [-0.25, -0.2) is 9.97 Å². The lowest BCUT2D eigenvalue weighted by atomic mass is 10.0. The van der Waals surface area contributed by atoms with Gasteiger partial charge >= 0.3 is 0 Å². The summed E-state index contributed by atoms with van der Waals surface area (Å²) in [4.78, 5) is 9.28. The van der Waals surface area contributed by atoms with E-state index in [4.69, 9.17) is 4.98 Å². The van der Waals surface area contributed by atoms with Crippen molar-refractivity contribution in [2.45, 2.75) is 52.0 Å². The van der Waals surface area contributed by atoms with Crippen molar-refractivity contribution >= 4 is 0 Å². The van der Waals surface area contributed by atoms with Crippen molar-refractivity contribution in [3.8, 4) is 0 Å². The number of rotatable bonds is 3. The largest absolute Gasteiger partial charge is 0.313 e. The molecule has 1 aromatic heterocycles. The highest BCUT2D eigenvalue weighted by Gasteiger charge is 2.25. The number of hydrogen-bond donors (Lipinski definition) is 1. The fourth-order valence-electron chi connectivity index (χ4n) is 2.71. The number of hydrogen-bond acceptors (Lipinski definition) is 3. The first-order valence-corrected chi connectivity index (χ1v) is 6.62. The summed E-state index contributed by atoms with van der Waals surface area (Å²) >= 11 is 0. The molecule has 17 heavy (non-hydrogen) atoms. The van der Waals surface area contributed by atoms with Gasteiger partial charge in [0.25, 0.3) is 0 Å². The third kappa shape index (κ3) is 2.65. The van der Waals surface area contributed by atoms with E-state index in [9.17, 15) is 0 Å². The number of nitrogens with one attached hydrogen (secondary N) is 1. The Morgan fingerprint density at radius 3 is 2.71 bits per heavy atom. The van der Waals surface area contributed by atoms with Crippen molar-refractivity contribution in [1.29, 1.82) is 0 Å². The van der Waals surface area contributed by atoms with E-state index in [2.05, 4.69) is 31.1 Å². The van der Waals surface area contributed by atoms with Gasteiger partial charge in [0.1, 0.15) is 5.82 Å². The van der Waals surface area contributed by atoms with E-state index in [-0.39, 0.29) is 0 Å². The van der Waals surface area contributed by atoms with Crippen molar-refractivity contribution in [1.82, 2.24) is 15.3 Å². The SMILES string of the molecule is CNC(C)c1cnc(C2CCC(C)C2)nc1C. The van der Waals surface area contributed by atoms with Crippen molar-refractivity contribution in [3.63, 3.8) is 0 Å². The summed E-state index contributed by atoms with van der Waals surface area (Å²) in [5, 5.41) is 3.24. The van der Waals surface area contributed by atoms with Crippen LogP contribution in [-0.2, 0) is 0 Å². The molecule has 0 radical (unpaired) electrons. The summed E-state index contributed by atoms with van der Waals surface area (Å²) < 4.78 is 0. The maximum absolute atomic E-state index is 4.71. The highest BCUT2D eigenvalue weighted by Crippen LogP contribution is 2.36. The summed E-state index contributed by atoms with van der Waals surface area (Å²) in [7, 11) is 1.97. The minimum Gasteiger partial charge on any atom is -0.313 e. The van der Waals surface area contributed by atoms with E-state index in [0.29, 0.717) is 12.0 Å². The Bertz CT molecular complexity index is 389. The molecule has 3 heteroatoms. The molecule has 0 aliphatic heterocycles. The van der Waals surface area contributed by atoms with Crippen LogP contribution in [-0.4, -0.2) is 17.0 Å². The van der Waals surface area contributed by atoms with Crippen molar-refractivity contribution in [2.75, 3.05) is 7.05 Å². The van der Waals surface area contributed by atoms with E-state index in [0.717, 1.165) is 17.4 Å². The van der Waals surface area contributed by atoms with Crippen LogP contribution >= 0.6 is 0 Å². The van der Waals surface area contributed by atoms with Crippen LogP contribution in [0.2, 0.25) is 0 Å². The van der Waals surface area contributed by atoms with Crippen LogP contribution in [0.3, 0.4) is 0 Å². The maximum Gasteiger partial charge on any atom is 0.131 e. The maximum atomic E-state index is 4.71. The van der Waals surface area contributed by atoms with Crippen LogP contribution in [0.4, 0.5) is 0 Å². The Morgan fingerprint density at radius 2 is 2.18 bits per heavy atom. The topological polar surface area (TPSA) is 37.8 Å². The van der Waals surface area contributed by atoms with E-state index in [1.54, 1.807) is 0 Å². The zero-order valence-electron chi connectivity index (χ0n) is 11.3. The molecule has 3 atom stereocenters. The quantitative estimate of drug-likeness (QED) is 0.872. The monoisotopic (exact) mass is 233 g/mol. The fourth-order valence-corrected chi connectivity index (χ4v) is 2.71. The predicted molar refractivity (Wildman–Crippen MR) is 70.0 cm³/mol. The second-order valence-corrected chi connectivity index (χ2v) is 5.39. The Labute approximate surface area is 104 Å². The zero-order chi connectivity index (χ0) is 12.4. The van der Waals surface area contributed by atoms with Crippen molar-refractivity contribution in [3.05, 3.63) is 23.3 Å². The van der Waals surface area contributed by atoms with Crippen molar-refractivity contribution < 1.29 is 0 Å². The average Bonchev–Trinajstić information content (AvgIpc) is 2.75. The molecule has 3 unspecified atom stereocenters. The number of nitrogens with zero attached hydrogens (tertiary/aromatic N) is 2. The first kappa shape index (κ1) is 12.5. The van der Waals surface area contributed by atoms with Crippen LogP contribution in [0, 0.1) is 12.8 Å². The lowest BCUT2D eigenvalue weighted by Crippen LogP contribution is -2.16. The Hall–Kier alpha value is -0.960. The molecular formula is C14H23N3. The van der Waals surface area contributed by atoms with E-state index in [1.807, 2.05) is 13.2 Å². The normalized spacial score (nSPS) is 26.1. The smallest absolute Gasteiger partial charge is 0.131 e. The highest BCUT2D eigenvalue weighted by atomic mass is 14.9. The molecule has 2 rings (SSSR count). The first-order valence-electron chi connectivity index (χ1n) is 6.62. The molecular weight excluding hydrogens is 210 g/mol. The van der Waals surface area contributed by atoms with Crippen molar-refractivity contribution in [2.24, 2.45) is 5.92 Å². The minimum absolute atomic E-state index is 0.326. The van der Waals surface area contributed by atoms with Gasteiger partial charge in [-0.3, -0.25) is 0 Å². The van der Waals surface area contributed by atoms with Crippen LogP contribution in [0.25, 0.3) is 0 Å². The van der Waals surface area contributed by atoms with Gasteiger partial charge in [0, 0.05) is 29.4 Å². The van der Waals surface area contributed by atoms with E-state index < -0.39 is 0 Å². The summed E-state index contributed by atoms with van der Waals surface area (Å²) in [6.07, 6.45) is 5.82. The first-order chi connectivity index (χ1) is 8.11. The highest BCUT2D eigenvalue weighted by molar-refractivity contribution is 5.21. The second kappa shape index (κ2) is 5.13. The Kier molecular flexibility index (Phi) is 3.77. The molecule has 3 nitrogen and oxygen atoms in total. The lowest BCUT2D eigenvalue weighted by Gasteiger charge is -2.15.